The van der Waals surface area contributed by atoms with Gasteiger partial charge in [-0.1, -0.05) is 42.5 Å². The summed E-state index contributed by atoms with van der Waals surface area (Å²) in [5, 5.41) is 3.41. The largest absolute Gasteiger partial charge is 0.495 e. The van der Waals surface area contributed by atoms with Crippen LogP contribution in [0.2, 0.25) is 0 Å². The molecule has 1 atom stereocenters. The fourth-order valence-electron chi connectivity index (χ4n) is 2.44. The Bertz CT molecular complexity index is 662. The highest BCUT2D eigenvalue weighted by atomic mass is 16.6. The van der Waals surface area contributed by atoms with Gasteiger partial charge in [-0.05, 0) is 38.5 Å². The molecule has 0 heterocycles. The van der Waals surface area contributed by atoms with Crippen LogP contribution >= 0.6 is 0 Å². The number of rotatable bonds is 6. The van der Waals surface area contributed by atoms with E-state index in [1.807, 2.05) is 75.4 Å². The van der Waals surface area contributed by atoms with Crippen molar-refractivity contribution < 1.29 is 14.3 Å². The SMILES string of the molecule is COc1ccccc1NC(CC(=O)OC(C)(C)C)c1ccccc1. The van der Waals surface area contributed by atoms with Gasteiger partial charge in [0, 0.05) is 0 Å². The van der Waals surface area contributed by atoms with Crippen molar-refractivity contribution in [2.45, 2.75) is 38.8 Å². The lowest BCUT2D eigenvalue weighted by molar-refractivity contribution is -0.155. The summed E-state index contributed by atoms with van der Waals surface area (Å²) in [6.45, 7) is 5.61. The number of hydrogen-bond acceptors (Lipinski definition) is 4. The number of anilines is 1. The minimum absolute atomic E-state index is 0.197. The lowest BCUT2D eigenvalue weighted by atomic mass is 10.0. The maximum Gasteiger partial charge on any atom is 0.308 e. The first-order chi connectivity index (χ1) is 11.4. The van der Waals surface area contributed by atoms with E-state index in [0.717, 1.165) is 17.0 Å². The van der Waals surface area contributed by atoms with Gasteiger partial charge in [-0.25, -0.2) is 0 Å². The molecular weight excluding hydrogens is 302 g/mol. The Morgan fingerprint density at radius 2 is 1.67 bits per heavy atom. The van der Waals surface area contributed by atoms with Crippen molar-refractivity contribution in [2.24, 2.45) is 0 Å². The summed E-state index contributed by atoms with van der Waals surface area (Å²) in [6, 6.07) is 17.3. The maximum atomic E-state index is 12.3. The number of esters is 1. The van der Waals surface area contributed by atoms with Gasteiger partial charge in [0.05, 0.1) is 25.3 Å². The van der Waals surface area contributed by atoms with E-state index in [9.17, 15) is 4.79 Å². The number of carbonyl (C=O) groups excluding carboxylic acids is 1. The highest BCUT2D eigenvalue weighted by molar-refractivity contribution is 5.72. The standard InChI is InChI=1S/C20H25NO3/c1-20(2,3)24-19(22)14-17(15-10-6-5-7-11-15)21-16-12-8-9-13-18(16)23-4/h5-13,17,21H,14H2,1-4H3. The maximum absolute atomic E-state index is 12.3. The number of benzene rings is 2. The van der Waals surface area contributed by atoms with E-state index in [4.69, 9.17) is 9.47 Å². The summed E-state index contributed by atoms with van der Waals surface area (Å²) in [5.41, 5.74) is 1.37. The van der Waals surface area contributed by atoms with E-state index in [1.165, 1.54) is 0 Å². The predicted molar refractivity (Wildman–Crippen MR) is 96.3 cm³/mol. The molecule has 0 aliphatic heterocycles. The molecule has 0 amide bonds. The first-order valence-corrected chi connectivity index (χ1v) is 8.05. The minimum Gasteiger partial charge on any atom is -0.495 e. The Labute approximate surface area is 143 Å². The third kappa shape index (κ3) is 5.30. The van der Waals surface area contributed by atoms with Gasteiger partial charge < -0.3 is 14.8 Å². The topological polar surface area (TPSA) is 47.6 Å². The Kier molecular flexibility index (Phi) is 5.85. The van der Waals surface area contributed by atoms with Crippen molar-refractivity contribution in [3.8, 4) is 5.75 Å². The molecule has 2 rings (SSSR count). The van der Waals surface area contributed by atoms with Crippen LogP contribution in [-0.4, -0.2) is 18.7 Å². The van der Waals surface area contributed by atoms with Gasteiger partial charge in [0.15, 0.2) is 0 Å². The van der Waals surface area contributed by atoms with Gasteiger partial charge in [-0.15, -0.1) is 0 Å². The van der Waals surface area contributed by atoms with Crippen LogP contribution in [0.5, 0.6) is 5.75 Å². The van der Waals surface area contributed by atoms with Crippen molar-refractivity contribution in [3.05, 3.63) is 60.2 Å². The van der Waals surface area contributed by atoms with E-state index in [2.05, 4.69) is 5.32 Å². The summed E-state index contributed by atoms with van der Waals surface area (Å²) in [6.07, 6.45) is 0.235. The summed E-state index contributed by atoms with van der Waals surface area (Å²) in [5.74, 6) is 0.501. The number of para-hydroxylation sites is 2. The molecule has 0 aromatic heterocycles. The van der Waals surface area contributed by atoms with Crippen LogP contribution in [0.4, 0.5) is 5.69 Å². The van der Waals surface area contributed by atoms with Gasteiger partial charge in [0.2, 0.25) is 0 Å². The number of methoxy groups -OCH3 is 1. The zero-order valence-corrected chi connectivity index (χ0v) is 14.7. The molecule has 2 aromatic carbocycles. The van der Waals surface area contributed by atoms with Crippen molar-refractivity contribution in [1.82, 2.24) is 0 Å². The predicted octanol–water partition coefficient (Wildman–Crippen LogP) is 4.58. The fraction of sp³-hybridized carbons (Fsp3) is 0.350. The zero-order chi connectivity index (χ0) is 17.6. The molecule has 0 spiro atoms. The molecule has 0 radical (unpaired) electrons. The van der Waals surface area contributed by atoms with Crippen LogP contribution in [0.3, 0.4) is 0 Å². The Morgan fingerprint density at radius 1 is 1.04 bits per heavy atom. The van der Waals surface area contributed by atoms with Crippen molar-refractivity contribution in [3.63, 3.8) is 0 Å². The molecule has 0 aliphatic carbocycles. The summed E-state index contributed by atoms with van der Waals surface area (Å²) in [4.78, 5) is 12.3. The monoisotopic (exact) mass is 327 g/mol. The normalized spacial score (nSPS) is 12.3. The minimum atomic E-state index is -0.497. The van der Waals surface area contributed by atoms with Crippen LogP contribution in [0.15, 0.2) is 54.6 Å². The summed E-state index contributed by atoms with van der Waals surface area (Å²) < 4.78 is 10.9. The van der Waals surface area contributed by atoms with Crippen molar-refractivity contribution >= 4 is 11.7 Å². The second-order valence-electron chi connectivity index (χ2n) is 6.60. The van der Waals surface area contributed by atoms with Crippen LogP contribution < -0.4 is 10.1 Å². The first kappa shape index (κ1) is 17.9. The van der Waals surface area contributed by atoms with Crippen LogP contribution in [0, 0.1) is 0 Å². The highest BCUT2D eigenvalue weighted by Crippen LogP contribution is 2.30. The quantitative estimate of drug-likeness (QED) is 0.789. The van der Waals surface area contributed by atoms with Crippen LogP contribution in [-0.2, 0) is 9.53 Å². The number of hydrogen-bond donors (Lipinski definition) is 1. The first-order valence-electron chi connectivity index (χ1n) is 8.05. The van der Waals surface area contributed by atoms with Gasteiger partial charge >= 0.3 is 5.97 Å². The van der Waals surface area contributed by atoms with Crippen LogP contribution in [0.25, 0.3) is 0 Å². The molecule has 128 valence electrons. The Morgan fingerprint density at radius 3 is 2.29 bits per heavy atom. The van der Waals surface area contributed by atoms with Gasteiger partial charge in [-0.2, -0.15) is 0 Å². The van der Waals surface area contributed by atoms with Crippen molar-refractivity contribution in [1.29, 1.82) is 0 Å². The second kappa shape index (κ2) is 7.86. The molecule has 4 heteroatoms. The van der Waals surface area contributed by atoms with Gasteiger partial charge in [-0.3, -0.25) is 4.79 Å². The van der Waals surface area contributed by atoms with Crippen molar-refractivity contribution in [2.75, 3.05) is 12.4 Å². The summed E-state index contributed by atoms with van der Waals surface area (Å²) >= 11 is 0. The molecule has 2 aromatic rings. The van der Waals surface area contributed by atoms with Gasteiger partial charge in [0.25, 0.3) is 0 Å². The molecule has 0 saturated heterocycles. The molecule has 24 heavy (non-hydrogen) atoms. The lowest BCUT2D eigenvalue weighted by Crippen LogP contribution is -2.26. The van der Waals surface area contributed by atoms with E-state index in [1.54, 1.807) is 7.11 Å². The molecule has 4 nitrogen and oxygen atoms in total. The average Bonchev–Trinajstić information content (AvgIpc) is 2.54. The molecule has 0 fully saturated rings. The molecule has 1 unspecified atom stereocenters. The molecule has 0 bridgehead atoms. The lowest BCUT2D eigenvalue weighted by Gasteiger charge is -2.24. The number of ether oxygens (including phenoxy) is 2. The average molecular weight is 327 g/mol. The number of nitrogens with one attached hydrogen (secondary N) is 1. The number of carbonyl (C=O) groups is 1. The van der Waals surface area contributed by atoms with E-state index < -0.39 is 5.60 Å². The smallest absolute Gasteiger partial charge is 0.308 e. The third-order valence-electron chi connectivity index (χ3n) is 3.43. The molecule has 0 aliphatic rings. The molecule has 0 saturated carbocycles. The summed E-state index contributed by atoms with van der Waals surface area (Å²) in [7, 11) is 1.63. The van der Waals surface area contributed by atoms with E-state index in [0.29, 0.717) is 0 Å². The van der Waals surface area contributed by atoms with Crippen LogP contribution in [0.1, 0.15) is 38.8 Å². The zero-order valence-electron chi connectivity index (χ0n) is 14.7. The third-order valence-corrected chi connectivity index (χ3v) is 3.43. The molecular formula is C20H25NO3. The highest BCUT2D eigenvalue weighted by Gasteiger charge is 2.22. The fourth-order valence-corrected chi connectivity index (χ4v) is 2.44. The molecule has 1 N–H and O–H groups in total. The van der Waals surface area contributed by atoms with Gasteiger partial charge in [0.1, 0.15) is 11.4 Å². The van der Waals surface area contributed by atoms with E-state index >= 15 is 0 Å². The van der Waals surface area contributed by atoms with E-state index in [-0.39, 0.29) is 18.4 Å². The Balaban J connectivity index is 2.22. The second-order valence-corrected chi connectivity index (χ2v) is 6.60. The Hall–Kier alpha value is -2.49.